The van der Waals surface area contributed by atoms with Crippen molar-refractivity contribution in [2.75, 3.05) is 0 Å². The Labute approximate surface area is 273 Å². The standard InChI is InChI=1S/C35H41N5O7/c1-3-23(2)16-28(41)19-32(42)47-40-34(44)31(18-27-20-36-22-37-27)38-33(43)30(39-35(45)46-21-24-10-5-4-6-11-24)17-26-14-9-13-25-12-7-8-15-29(25)26/h4-15,20,22-23,28,30-31,41H,3,16-19,21H2,1-2H3,(H,36,37)(H,38,43)(H,39,45)(H,40,44)/t23?,28-,30+,31?/m0/s1. The number of aliphatic hydroxyl groups excluding tert-OH is 1. The summed E-state index contributed by atoms with van der Waals surface area (Å²) in [5.74, 6) is -2.08. The smallest absolute Gasteiger partial charge is 0.408 e. The van der Waals surface area contributed by atoms with E-state index < -0.39 is 42.1 Å². The number of hydrogen-bond donors (Lipinski definition) is 5. The summed E-state index contributed by atoms with van der Waals surface area (Å²) in [6.45, 7) is 3.95. The second-order valence-electron chi connectivity index (χ2n) is 11.5. The number of fused-ring (bicyclic) bond motifs is 1. The third-order valence-electron chi connectivity index (χ3n) is 7.78. The minimum atomic E-state index is -1.22. The maximum absolute atomic E-state index is 13.8. The molecule has 12 nitrogen and oxygen atoms in total. The van der Waals surface area contributed by atoms with Crippen LogP contribution in [0, 0.1) is 5.92 Å². The number of alkyl carbamates (subject to hydrolysis) is 1. The summed E-state index contributed by atoms with van der Waals surface area (Å²) in [6.07, 6.45) is 2.22. The molecule has 0 radical (unpaired) electrons. The number of amides is 3. The lowest BCUT2D eigenvalue weighted by Crippen LogP contribution is -2.55. The van der Waals surface area contributed by atoms with Crippen molar-refractivity contribution in [3.8, 4) is 0 Å². The van der Waals surface area contributed by atoms with Crippen molar-refractivity contribution < 1.29 is 33.9 Å². The van der Waals surface area contributed by atoms with Gasteiger partial charge in [0.15, 0.2) is 0 Å². The number of carbonyl (C=O) groups is 4. The highest BCUT2D eigenvalue weighted by atomic mass is 16.7. The molecule has 5 N–H and O–H groups in total. The minimum absolute atomic E-state index is 0.00242. The summed E-state index contributed by atoms with van der Waals surface area (Å²) >= 11 is 0. The second-order valence-corrected chi connectivity index (χ2v) is 11.5. The highest BCUT2D eigenvalue weighted by Crippen LogP contribution is 2.20. The zero-order valence-corrected chi connectivity index (χ0v) is 26.5. The molecule has 0 saturated heterocycles. The number of nitrogens with zero attached hydrogens (tertiary/aromatic N) is 1. The summed E-state index contributed by atoms with van der Waals surface area (Å²) in [5, 5.41) is 17.4. The van der Waals surface area contributed by atoms with E-state index >= 15 is 0 Å². The summed E-state index contributed by atoms with van der Waals surface area (Å²) in [4.78, 5) is 64.1. The van der Waals surface area contributed by atoms with Crippen LogP contribution in [0.2, 0.25) is 0 Å². The van der Waals surface area contributed by atoms with Gasteiger partial charge in [-0.1, -0.05) is 93.1 Å². The van der Waals surface area contributed by atoms with Crippen molar-refractivity contribution >= 4 is 34.6 Å². The van der Waals surface area contributed by atoms with Crippen LogP contribution in [0.5, 0.6) is 0 Å². The number of rotatable bonds is 15. The molecular formula is C35H41N5O7. The van der Waals surface area contributed by atoms with Crippen LogP contribution >= 0.6 is 0 Å². The van der Waals surface area contributed by atoms with Gasteiger partial charge in [0.25, 0.3) is 5.91 Å². The zero-order valence-electron chi connectivity index (χ0n) is 26.5. The highest BCUT2D eigenvalue weighted by molar-refractivity contribution is 5.93. The van der Waals surface area contributed by atoms with E-state index in [9.17, 15) is 24.3 Å². The molecule has 248 valence electrons. The number of ether oxygens (including phenoxy) is 1. The van der Waals surface area contributed by atoms with Gasteiger partial charge >= 0.3 is 12.1 Å². The van der Waals surface area contributed by atoms with Gasteiger partial charge in [-0.3, -0.25) is 9.59 Å². The highest BCUT2D eigenvalue weighted by Gasteiger charge is 2.29. The van der Waals surface area contributed by atoms with Crippen molar-refractivity contribution in [1.29, 1.82) is 0 Å². The van der Waals surface area contributed by atoms with E-state index in [1.165, 1.54) is 12.5 Å². The summed E-state index contributed by atoms with van der Waals surface area (Å²) in [6, 6.07) is 20.1. The third-order valence-corrected chi connectivity index (χ3v) is 7.78. The number of hydrogen-bond acceptors (Lipinski definition) is 8. The number of H-pyrrole nitrogens is 1. The molecule has 47 heavy (non-hydrogen) atoms. The monoisotopic (exact) mass is 643 g/mol. The van der Waals surface area contributed by atoms with Crippen LogP contribution in [0.25, 0.3) is 10.8 Å². The molecule has 12 heteroatoms. The molecule has 4 atom stereocenters. The number of hydroxylamine groups is 1. The Morgan fingerprint density at radius 3 is 2.36 bits per heavy atom. The number of imidazole rings is 1. The van der Waals surface area contributed by atoms with E-state index in [-0.39, 0.29) is 31.8 Å². The summed E-state index contributed by atoms with van der Waals surface area (Å²) in [7, 11) is 0. The first-order valence-corrected chi connectivity index (χ1v) is 15.6. The predicted octanol–water partition coefficient (Wildman–Crippen LogP) is 3.89. The lowest BCUT2D eigenvalue weighted by molar-refractivity contribution is -0.161. The lowest BCUT2D eigenvalue weighted by Gasteiger charge is -2.23. The van der Waals surface area contributed by atoms with Crippen LogP contribution in [0.3, 0.4) is 0 Å². The third kappa shape index (κ3) is 11.0. The lowest BCUT2D eigenvalue weighted by atomic mass is 9.98. The van der Waals surface area contributed by atoms with Gasteiger partial charge in [-0.05, 0) is 34.2 Å². The molecular weight excluding hydrogens is 602 g/mol. The maximum atomic E-state index is 13.8. The largest absolute Gasteiger partial charge is 0.445 e. The quantitative estimate of drug-likeness (QED) is 0.121. The number of aromatic nitrogens is 2. The van der Waals surface area contributed by atoms with Crippen LogP contribution < -0.4 is 16.1 Å². The Morgan fingerprint density at radius 1 is 0.894 bits per heavy atom. The molecule has 0 fully saturated rings. The minimum Gasteiger partial charge on any atom is -0.445 e. The Hall–Kier alpha value is -5.23. The number of benzene rings is 3. The molecule has 0 aliphatic rings. The van der Waals surface area contributed by atoms with E-state index in [2.05, 4.69) is 26.1 Å². The summed E-state index contributed by atoms with van der Waals surface area (Å²) in [5.41, 5.74) is 4.20. The van der Waals surface area contributed by atoms with Gasteiger partial charge < -0.3 is 30.3 Å². The van der Waals surface area contributed by atoms with Crippen LogP contribution in [0.15, 0.2) is 85.3 Å². The predicted molar refractivity (Wildman–Crippen MR) is 174 cm³/mol. The van der Waals surface area contributed by atoms with Gasteiger partial charge in [0.05, 0.1) is 18.9 Å². The zero-order chi connectivity index (χ0) is 33.6. The number of aromatic amines is 1. The molecule has 0 aliphatic carbocycles. The van der Waals surface area contributed by atoms with Gasteiger partial charge in [0.1, 0.15) is 18.7 Å². The Bertz CT molecular complexity index is 1610. The molecule has 2 unspecified atom stereocenters. The van der Waals surface area contributed by atoms with E-state index in [0.717, 1.165) is 28.3 Å². The van der Waals surface area contributed by atoms with E-state index in [1.54, 1.807) is 0 Å². The topological polar surface area (TPSA) is 172 Å². The Balaban J connectivity index is 1.48. The second kappa shape index (κ2) is 17.5. The molecule has 4 rings (SSSR count). The summed E-state index contributed by atoms with van der Waals surface area (Å²) < 4.78 is 5.40. The maximum Gasteiger partial charge on any atom is 0.408 e. The van der Waals surface area contributed by atoms with Crippen molar-refractivity contribution in [2.45, 2.75) is 70.7 Å². The van der Waals surface area contributed by atoms with Crippen molar-refractivity contribution in [3.05, 3.63) is 102 Å². The average Bonchev–Trinajstić information content (AvgIpc) is 3.59. The van der Waals surface area contributed by atoms with Gasteiger partial charge in [-0.15, -0.1) is 0 Å². The van der Waals surface area contributed by atoms with Crippen LogP contribution in [0.1, 0.15) is 49.9 Å². The fourth-order valence-corrected chi connectivity index (χ4v) is 5.03. The number of carbonyl (C=O) groups excluding carboxylic acids is 4. The van der Waals surface area contributed by atoms with E-state index in [1.807, 2.05) is 86.6 Å². The van der Waals surface area contributed by atoms with Gasteiger partial charge in [-0.2, -0.15) is 5.48 Å². The Kier molecular flexibility index (Phi) is 12.9. The van der Waals surface area contributed by atoms with Crippen molar-refractivity contribution in [1.82, 2.24) is 26.1 Å². The van der Waals surface area contributed by atoms with Crippen LogP contribution in [0.4, 0.5) is 4.79 Å². The molecule has 1 aromatic heterocycles. The molecule has 1 heterocycles. The molecule has 3 aromatic carbocycles. The number of aliphatic hydroxyl groups is 1. The van der Waals surface area contributed by atoms with Crippen molar-refractivity contribution in [3.63, 3.8) is 0 Å². The SMILES string of the molecule is CCC(C)C[C@H](O)CC(=O)ONC(=O)C(Cc1cnc[nH]1)NC(=O)[C@@H](Cc1cccc2ccccc12)NC(=O)OCc1ccccc1. The van der Waals surface area contributed by atoms with Gasteiger partial charge in [0, 0.05) is 24.7 Å². The van der Waals surface area contributed by atoms with Crippen LogP contribution in [-0.2, 0) is 43.4 Å². The molecule has 0 spiro atoms. The first-order valence-electron chi connectivity index (χ1n) is 15.6. The molecule has 3 amide bonds. The first-order chi connectivity index (χ1) is 22.7. The molecule has 0 bridgehead atoms. The molecule has 0 saturated carbocycles. The van der Waals surface area contributed by atoms with Crippen molar-refractivity contribution in [2.24, 2.45) is 5.92 Å². The van der Waals surface area contributed by atoms with Gasteiger partial charge in [-0.25, -0.2) is 14.6 Å². The fourth-order valence-electron chi connectivity index (χ4n) is 5.03. The first kappa shape index (κ1) is 34.6. The fraction of sp³-hybridized carbons (Fsp3) is 0.343. The average molecular weight is 644 g/mol. The number of nitrogens with one attached hydrogen (secondary N) is 4. The molecule has 4 aromatic rings. The normalized spacial score (nSPS) is 13.5. The Morgan fingerprint density at radius 2 is 1.62 bits per heavy atom. The molecule has 0 aliphatic heterocycles. The van der Waals surface area contributed by atoms with E-state index in [0.29, 0.717) is 12.1 Å². The van der Waals surface area contributed by atoms with Crippen LogP contribution in [-0.4, -0.2) is 57.1 Å². The van der Waals surface area contributed by atoms with Gasteiger partial charge in [0.2, 0.25) is 5.91 Å². The van der Waals surface area contributed by atoms with E-state index in [4.69, 9.17) is 9.57 Å².